The van der Waals surface area contributed by atoms with E-state index in [1.165, 1.54) is 6.20 Å². The zero-order valence-corrected chi connectivity index (χ0v) is 9.57. The van der Waals surface area contributed by atoms with Crippen LogP contribution >= 0.6 is 0 Å². The van der Waals surface area contributed by atoms with Crippen molar-refractivity contribution in [2.45, 2.75) is 45.5 Å². The number of rotatable bonds is 3. The summed E-state index contributed by atoms with van der Waals surface area (Å²) in [5.41, 5.74) is 0.587. The predicted molar refractivity (Wildman–Crippen MR) is 54.9 cm³/mol. The molecule has 0 bridgehead atoms. The van der Waals surface area contributed by atoms with Crippen LogP contribution in [0.3, 0.4) is 0 Å². The summed E-state index contributed by atoms with van der Waals surface area (Å²) in [6.07, 6.45) is -3.80. The second-order valence-electron chi connectivity index (χ2n) is 4.75. The van der Waals surface area contributed by atoms with Gasteiger partial charge in [0.2, 0.25) is 0 Å². The van der Waals surface area contributed by atoms with Gasteiger partial charge in [0.15, 0.2) is 0 Å². The summed E-state index contributed by atoms with van der Waals surface area (Å²) < 4.78 is 36.2. The first-order chi connectivity index (χ1) is 7.16. The molecule has 0 aliphatic rings. The fourth-order valence-corrected chi connectivity index (χ4v) is 1.14. The molecular weight excluding hydrogens is 219 g/mol. The van der Waals surface area contributed by atoms with E-state index >= 15 is 0 Å². The van der Waals surface area contributed by atoms with Gasteiger partial charge in [0.05, 0.1) is 0 Å². The Morgan fingerprint density at radius 3 is 2.44 bits per heavy atom. The van der Waals surface area contributed by atoms with Gasteiger partial charge in [-0.15, -0.1) is 0 Å². The van der Waals surface area contributed by atoms with Crippen LogP contribution in [0.4, 0.5) is 13.2 Å². The lowest BCUT2D eigenvalue weighted by molar-refractivity contribution is -0.128. The predicted octanol–water partition coefficient (Wildman–Crippen LogP) is 2.40. The van der Waals surface area contributed by atoms with Gasteiger partial charge >= 0.3 is 6.18 Å². The van der Waals surface area contributed by atoms with Crippen LogP contribution in [0.15, 0.2) is 6.20 Å². The minimum Gasteiger partial charge on any atom is -0.345 e. The molecule has 16 heavy (non-hydrogen) atoms. The lowest BCUT2D eigenvalue weighted by atomic mass is 10.1. The molecule has 1 aromatic heterocycles. The van der Waals surface area contributed by atoms with Crippen LogP contribution in [0.1, 0.15) is 32.3 Å². The monoisotopic (exact) mass is 235 g/mol. The quantitative estimate of drug-likeness (QED) is 0.844. The van der Waals surface area contributed by atoms with Gasteiger partial charge in [-0.05, 0) is 20.8 Å². The third-order valence-corrected chi connectivity index (χ3v) is 1.86. The molecule has 0 saturated carbocycles. The molecule has 0 atom stereocenters. The SMILES string of the molecule is CC(C)(C)NCc1cnc(CC(F)(F)F)[nH]1. The molecule has 6 heteroatoms. The highest BCUT2D eigenvalue weighted by molar-refractivity contribution is 5.02. The van der Waals surface area contributed by atoms with E-state index < -0.39 is 12.6 Å². The summed E-state index contributed by atoms with van der Waals surface area (Å²) in [7, 11) is 0. The molecule has 0 aliphatic heterocycles. The van der Waals surface area contributed by atoms with E-state index in [2.05, 4.69) is 15.3 Å². The topological polar surface area (TPSA) is 40.7 Å². The molecule has 0 spiro atoms. The molecule has 1 aromatic rings. The van der Waals surface area contributed by atoms with Crippen LogP contribution in [0.25, 0.3) is 0 Å². The number of alkyl halides is 3. The maximum Gasteiger partial charge on any atom is 0.396 e. The summed E-state index contributed by atoms with van der Waals surface area (Å²) >= 11 is 0. The molecule has 3 nitrogen and oxygen atoms in total. The first-order valence-corrected chi connectivity index (χ1v) is 5.00. The van der Waals surface area contributed by atoms with Crippen molar-refractivity contribution in [1.82, 2.24) is 15.3 Å². The molecule has 2 N–H and O–H groups in total. The molecule has 0 amide bonds. The average molecular weight is 235 g/mol. The minimum atomic E-state index is -4.22. The average Bonchev–Trinajstić information content (AvgIpc) is 2.44. The van der Waals surface area contributed by atoms with Gasteiger partial charge in [-0.25, -0.2) is 4.98 Å². The molecule has 0 fully saturated rings. The standard InChI is InChI=1S/C10H16F3N3/c1-9(2,3)15-6-7-5-14-8(16-7)4-10(11,12)13/h5,15H,4,6H2,1-3H3,(H,14,16). The Morgan fingerprint density at radius 2 is 1.94 bits per heavy atom. The maximum atomic E-state index is 12.1. The van der Waals surface area contributed by atoms with Crippen LogP contribution in [-0.4, -0.2) is 21.7 Å². The second kappa shape index (κ2) is 4.45. The van der Waals surface area contributed by atoms with Crippen LogP contribution in [0, 0.1) is 0 Å². The van der Waals surface area contributed by atoms with Crippen molar-refractivity contribution in [2.75, 3.05) is 0 Å². The first-order valence-electron chi connectivity index (χ1n) is 5.00. The van der Waals surface area contributed by atoms with Crippen LogP contribution in [-0.2, 0) is 13.0 Å². The highest BCUT2D eigenvalue weighted by Gasteiger charge is 2.29. The number of aromatic nitrogens is 2. The Kier molecular flexibility index (Phi) is 3.62. The van der Waals surface area contributed by atoms with Gasteiger partial charge in [0, 0.05) is 24.0 Å². The molecule has 1 heterocycles. The number of imidazole rings is 1. The van der Waals surface area contributed by atoms with E-state index in [0.717, 1.165) is 0 Å². The summed E-state index contributed by atoms with van der Waals surface area (Å²) in [6, 6.07) is 0. The number of hydrogen-bond acceptors (Lipinski definition) is 2. The first kappa shape index (κ1) is 13.0. The van der Waals surface area contributed by atoms with E-state index in [9.17, 15) is 13.2 Å². The lowest BCUT2D eigenvalue weighted by Crippen LogP contribution is -2.35. The van der Waals surface area contributed by atoms with E-state index in [0.29, 0.717) is 12.2 Å². The number of halogens is 3. The molecule has 1 rings (SSSR count). The Labute approximate surface area is 92.5 Å². The van der Waals surface area contributed by atoms with Crippen LogP contribution < -0.4 is 5.32 Å². The maximum absolute atomic E-state index is 12.1. The van der Waals surface area contributed by atoms with Crippen molar-refractivity contribution in [2.24, 2.45) is 0 Å². The van der Waals surface area contributed by atoms with Crippen molar-refractivity contribution in [3.05, 3.63) is 17.7 Å². The van der Waals surface area contributed by atoms with Crippen molar-refractivity contribution in [3.8, 4) is 0 Å². The molecule has 0 saturated heterocycles. The summed E-state index contributed by atoms with van der Waals surface area (Å²) in [4.78, 5) is 6.34. The van der Waals surface area contributed by atoms with Gasteiger partial charge in [-0.1, -0.05) is 0 Å². The summed E-state index contributed by atoms with van der Waals surface area (Å²) in [6.45, 7) is 6.44. The van der Waals surface area contributed by atoms with Gasteiger partial charge in [0.1, 0.15) is 12.2 Å². The molecule has 0 aliphatic carbocycles. The second-order valence-corrected chi connectivity index (χ2v) is 4.75. The highest BCUT2D eigenvalue weighted by atomic mass is 19.4. The van der Waals surface area contributed by atoms with Gasteiger partial charge in [-0.2, -0.15) is 13.2 Å². The van der Waals surface area contributed by atoms with Gasteiger partial charge < -0.3 is 10.3 Å². The lowest BCUT2D eigenvalue weighted by Gasteiger charge is -2.19. The Morgan fingerprint density at radius 1 is 1.31 bits per heavy atom. The van der Waals surface area contributed by atoms with Gasteiger partial charge in [-0.3, -0.25) is 0 Å². The number of nitrogens with zero attached hydrogens (tertiary/aromatic N) is 1. The summed E-state index contributed by atoms with van der Waals surface area (Å²) in [5.74, 6) is -0.0433. The van der Waals surface area contributed by atoms with Crippen LogP contribution in [0.5, 0.6) is 0 Å². The highest BCUT2D eigenvalue weighted by Crippen LogP contribution is 2.19. The largest absolute Gasteiger partial charge is 0.396 e. The zero-order chi connectivity index (χ0) is 12.4. The number of hydrogen-bond donors (Lipinski definition) is 2. The van der Waals surface area contributed by atoms with E-state index in [1.807, 2.05) is 20.8 Å². The van der Waals surface area contributed by atoms with Gasteiger partial charge in [0.25, 0.3) is 0 Å². The van der Waals surface area contributed by atoms with Crippen molar-refractivity contribution < 1.29 is 13.2 Å². The number of aromatic amines is 1. The van der Waals surface area contributed by atoms with E-state index in [4.69, 9.17) is 0 Å². The normalized spacial score (nSPS) is 13.1. The Bertz CT molecular complexity index is 336. The van der Waals surface area contributed by atoms with E-state index in [1.54, 1.807) is 0 Å². The molecule has 0 aromatic carbocycles. The fourth-order valence-electron chi connectivity index (χ4n) is 1.14. The molecule has 92 valence electrons. The third kappa shape index (κ3) is 5.16. The zero-order valence-electron chi connectivity index (χ0n) is 9.57. The molecule has 0 unspecified atom stereocenters. The minimum absolute atomic E-state index is 0.0433. The van der Waals surface area contributed by atoms with Crippen molar-refractivity contribution in [3.63, 3.8) is 0 Å². The number of nitrogens with one attached hydrogen (secondary N) is 2. The van der Waals surface area contributed by atoms with Crippen molar-refractivity contribution in [1.29, 1.82) is 0 Å². The van der Waals surface area contributed by atoms with Crippen LogP contribution in [0.2, 0.25) is 0 Å². The Hall–Kier alpha value is -1.04. The Balaban J connectivity index is 2.52. The molecule has 0 radical (unpaired) electrons. The number of H-pyrrole nitrogens is 1. The third-order valence-electron chi connectivity index (χ3n) is 1.86. The molecular formula is C10H16F3N3. The smallest absolute Gasteiger partial charge is 0.345 e. The van der Waals surface area contributed by atoms with E-state index in [-0.39, 0.29) is 11.4 Å². The van der Waals surface area contributed by atoms with Crippen molar-refractivity contribution >= 4 is 0 Å². The fraction of sp³-hybridized carbons (Fsp3) is 0.700. The summed E-state index contributed by atoms with van der Waals surface area (Å²) in [5, 5.41) is 3.16.